The molecule has 1 saturated carbocycles. The first kappa shape index (κ1) is 19.5. The largest absolute Gasteiger partial charge is 0.368 e. The number of carbonyl (C=O) groups excluding carboxylic acids is 1. The van der Waals surface area contributed by atoms with Gasteiger partial charge >= 0.3 is 0 Å². The van der Waals surface area contributed by atoms with Crippen molar-refractivity contribution in [2.45, 2.75) is 50.3 Å². The Kier molecular flexibility index (Phi) is 5.41. The molecule has 3 heteroatoms. The third-order valence-corrected chi connectivity index (χ3v) is 6.98. The van der Waals surface area contributed by atoms with Gasteiger partial charge in [0, 0.05) is 18.2 Å². The van der Waals surface area contributed by atoms with Crippen LogP contribution in [0.2, 0.25) is 0 Å². The molecule has 2 fully saturated rings. The van der Waals surface area contributed by atoms with Crippen LogP contribution in [0.1, 0.15) is 64.8 Å². The highest BCUT2D eigenvalue weighted by Gasteiger charge is 2.29. The Morgan fingerprint density at radius 1 is 1.00 bits per heavy atom. The van der Waals surface area contributed by atoms with Crippen LogP contribution < -0.4 is 0 Å². The molecule has 0 N–H and O–H groups in total. The Hall–Kier alpha value is -2.49. The molecule has 1 saturated heterocycles. The molecule has 3 aromatic carbocycles. The molecule has 0 radical (unpaired) electrons. The summed E-state index contributed by atoms with van der Waals surface area (Å²) in [6.45, 7) is 1.75. The number of fused-ring (bicyclic) bond motifs is 1. The second-order valence-electron chi connectivity index (χ2n) is 8.90. The summed E-state index contributed by atoms with van der Waals surface area (Å²) >= 11 is 0. The van der Waals surface area contributed by atoms with Crippen LogP contribution >= 0.6 is 0 Å². The number of hydrogen-bond acceptors (Lipinski definition) is 3. The van der Waals surface area contributed by atoms with E-state index in [2.05, 4.69) is 72.6 Å². The Balaban J connectivity index is 1.27. The van der Waals surface area contributed by atoms with Crippen molar-refractivity contribution >= 4 is 17.1 Å². The topological polar surface area (TPSA) is 32.8 Å². The first-order chi connectivity index (χ1) is 14.7. The van der Waals surface area contributed by atoms with Gasteiger partial charge in [-0.25, -0.2) is 0 Å². The van der Waals surface area contributed by atoms with E-state index in [9.17, 15) is 4.79 Å². The number of benzene rings is 3. The van der Waals surface area contributed by atoms with Crippen molar-refractivity contribution in [2.75, 3.05) is 13.7 Å². The number of hydrogen-bond donors (Lipinski definition) is 0. The van der Waals surface area contributed by atoms with Gasteiger partial charge in [0.25, 0.3) is 0 Å². The SMILES string of the molecule is CN(Cc1ccccc1)C1CCC(c2ccc3c(C=O)c(C4CO4)ccc3c2)CC1. The zero-order valence-electron chi connectivity index (χ0n) is 17.6. The predicted molar refractivity (Wildman–Crippen MR) is 121 cm³/mol. The van der Waals surface area contributed by atoms with Gasteiger partial charge in [-0.15, -0.1) is 0 Å². The highest BCUT2D eigenvalue weighted by molar-refractivity contribution is 6.00. The molecular weight excluding hydrogens is 370 g/mol. The molecule has 1 aliphatic heterocycles. The van der Waals surface area contributed by atoms with E-state index in [4.69, 9.17) is 4.74 Å². The molecule has 1 aliphatic carbocycles. The van der Waals surface area contributed by atoms with Crippen LogP contribution in [0.5, 0.6) is 0 Å². The van der Waals surface area contributed by atoms with Crippen LogP contribution in [0.25, 0.3) is 10.8 Å². The molecule has 2 aliphatic rings. The summed E-state index contributed by atoms with van der Waals surface area (Å²) in [7, 11) is 2.26. The van der Waals surface area contributed by atoms with E-state index < -0.39 is 0 Å². The molecule has 0 bridgehead atoms. The predicted octanol–water partition coefficient (Wildman–Crippen LogP) is 5.88. The van der Waals surface area contributed by atoms with E-state index in [1.165, 1.54) is 42.2 Å². The average Bonchev–Trinajstić information content (AvgIpc) is 3.64. The van der Waals surface area contributed by atoms with Crippen LogP contribution in [0.15, 0.2) is 60.7 Å². The minimum absolute atomic E-state index is 0.109. The van der Waals surface area contributed by atoms with Crippen molar-refractivity contribution in [3.63, 3.8) is 0 Å². The lowest BCUT2D eigenvalue weighted by atomic mass is 9.80. The second-order valence-corrected chi connectivity index (χ2v) is 8.90. The van der Waals surface area contributed by atoms with Crippen molar-refractivity contribution in [3.8, 4) is 0 Å². The summed E-state index contributed by atoms with van der Waals surface area (Å²) in [6, 6.07) is 22.3. The van der Waals surface area contributed by atoms with Crippen LogP contribution in [0, 0.1) is 0 Å². The van der Waals surface area contributed by atoms with Gasteiger partial charge in [-0.2, -0.15) is 0 Å². The molecule has 3 nitrogen and oxygen atoms in total. The van der Waals surface area contributed by atoms with Gasteiger partial charge in [-0.1, -0.05) is 60.7 Å². The molecule has 1 heterocycles. The molecule has 1 unspecified atom stereocenters. The average molecular weight is 400 g/mol. The van der Waals surface area contributed by atoms with Crippen molar-refractivity contribution in [1.82, 2.24) is 4.90 Å². The zero-order chi connectivity index (χ0) is 20.5. The smallest absolute Gasteiger partial charge is 0.151 e. The molecule has 5 rings (SSSR count). The van der Waals surface area contributed by atoms with Crippen LogP contribution in [-0.2, 0) is 11.3 Å². The summed E-state index contributed by atoms with van der Waals surface area (Å²) in [4.78, 5) is 14.2. The molecular formula is C27H29NO2. The fourth-order valence-electron chi connectivity index (χ4n) is 5.13. The van der Waals surface area contributed by atoms with E-state index >= 15 is 0 Å². The molecule has 1 atom stereocenters. The number of carbonyl (C=O) groups is 1. The maximum Gasteiger partial charge on any atom is 0.151 e. The van der Waals surface area contributed by atoms with Gasteiger partial charge in [-0.05, 0) is 66.1 Å². The quantitative estimate of drug-likeness (QED) is 0.383. The van der Waals surface area contributed by atoms with E-state index in [-0.39, 0.29) is 6.10 Å². The van der Waals surface area contributed by atoms with Gasteiger partial charge in [0.1, 0.15) is 6.10 Å². The summed E-state index contributed by atoms with van der Waals surface area (Å²) in [5.74, 6) is 0.613. The maximum absolute atomic E-state index is 11.7. The monoisotopic (exact) mass is 399 g/mol. The van der Waals surface area contributed by atoms with Gasteiger partial charge in [0.2, 0.25) is 0 Å². The lowest BCUT2D eigenvalue weighted by molar-refractivity contribution is 0.112. The number of ether oxygens (including phenoxy) is 1. The molecule has 154 valence electrons. The number of nitrogens with zero attached hydrogens (tertiary/aromatic N) is 1. The Labute approximate surface area is 178 Å². The summed E-state index contributed by atoms with van der Waals surface area (Å²) in [6.07, 6.45) is 6.03. The fourth-order valence-corrected chi connectivity index (χ4v) is 5.13. The van der Waals surface area contributed by atoms with Crippen LogP contribution in [-0.4, -0.2) is 30.9 Å². The summed E-state index contributed by atoms with van der Waals surface area (Å²) < 4.78 is 5.41. The Morgan fingerprint density at radius 2 is 1.77 bits per heavy atom. The van der Waals surface area contributed by atoms with Gasteiger partial charge in [-0.3, -0.25) is 9.69 Å². The number of rotatable bonds is 6. The first-order valence-corrected chi connectivity index (χ1v) is 11.1. The molecule has 0 spiro atoms. The van der Waals surface area contributed by atoms with Gasteiger partial charge < -0.3 is 4.74 Å². The zero-order valence-corrected chi connectivity index (χ0v) is 17.6. The third kappa shape index (κ3) is 3.92. The van der Waals surface area contributed by atoms with E-state index in [1.807, 2.05) is 0 Å². The Bertz CT molecular complexity index is 1030. The number of aldehydes is 1. The van der Waals surface area contributed by atoms with Gasteiger partial charge in [0.05, 0.1) is 6.61 Å². The summed E-state index contributed by atoms with van der Waals surface area (Å²) in [5.41, 5.74) is 4.64. The highest BCUT2D eigenvalue weighted by atomic mass is 16.6. The highest BCUT2D eigenvalue weighted by Crippen LogP contribution is 2.38. The van der Waals surface area contributed by atoms with E-state index in [1.54, 1.807) is 0 Å². The van der Waals surface area contributed by atoms with Crippen LogP contribution in [0.4, 0.5) is 0 Å². The first-order valence-electron chi connectivity index (χ1n) is 11.1. The molecule has 30 heavy (non-hydrogen) atoms. The third-order valence-electron chi connectivity index (χ3n) is 6.98. The lowest BCUT2D eigenvalue weighted by Gasteiger charge is -2.35. The maximum atomic E-state index is 11.7. The van der Waals surface area contributed by atoms with Crippen molar-refractivity contribution in [3.05, 3.63) is 82.9 Å². The Morgan fingerprint density at radius 3 is 2.47 bits per heavy atom. The fraction of sp³-hybridized carbons (Fsp3) is 0.370. The van der Waals surface area contributed by atoms with Gasteiger partial charge in [0.15, 0.2) is 6.29 Å². The minimum atomic E-state index is 0.109. The van der Waals surface area contributed by atoms with E-state index in [0.717, 1.165) is 36.0 Å². The normalized spacial score (nSPS) is 23.6. The van der Waals surface area contributed by atoms with Crippen molar-refractivity contribution in [1.29, 1.82) is 0 Å². The second kappa shape index (κ2) is 8.33. The molecule has 0 amide bonds. The van der Waals surface area contributed by atoms with Crippen LogP contribution in [0.3, 0.4) is 0 Å². The number of epoxide rings is 1. The molecule has 3 aromatic rings. The minimum Gasteiger partial charge on any atom is -0.368 e. The van der Waals surface area contributed by atoms with Crippen molar-refractivity contribution < 1.29 is 9.53 Å². The standard InChI is InChI=1S/C27H29NO2/c1-28(16-19-5-3-2-4-6-19)23-11-7-20(8-12-23)21-9-13-24-22(15-21)10-14-25(26(24)17-29)27-18-30-27/h2-6,9-10,13-15,17,20,23,27H,7-8,11-12,16,18H2,1H3. The molecule has 0 aromatic heterocycles. The van der Waals surface area contributed by atoms with Crippen molar-refractivity contribution in [2.24, 2.45) is 0 Å². The summed E-state index contributed by atoms with van der Waals surface area (Å²) in [5, 5.41) is 2.22. The lowest BCUT2D eigenvalue weighted by Crippen LogP contribution is -2.34. The van der Waals surface area contributed by atoms with E-state index in [0.29, 0.717) is 12.0 Å².